The van der Waals surface area contributed by atoms with Crippen molar-refractivity contribution in [2.75, 3.05) is 7.05 Å². The monoisotopic (exact) mass is 404 g/mol. The van der Waals surface area contributed by atoms with Gasteiger partial charge in [-0.05, 0) is 37.6 Å². The van der Waals surface area contributed by atoms with Crippen molar-refractivity contribution in [2.45, 2.75) is 55.9 Å². The molecule has 4 nitrogen and oxygen atoms in total. The van der Waals surface area contributed by atoms with Gasteiger partial charge in [-0.1, -0.05) is 12.1 Å². The van der Waals surface area contributed by atoms with Gasteiger partial charge in [-0.25, -0.2) is 8.78 Å². The molecule has 2 aliphatic rings. The minimum Gasteiger partial charge on any atom is -0.353 e. The molecule has 0 heterocycles. The Bertz CT molecular complexity index is 734. The maximum Gasteiger partial charge on any atom is 0.416 e. The van der Waals surface area contributed by atoms with Crippen LogP contribution in [-0.2, 0) is 22.3 Å². The smallest absolute Gasteiger partial charge is 0.353 e. The van der Waals surface area contributed by atoms with E-state index in [0.717, 1.165) is 18.4 Å². The molecule has 0 radical (unpaired) electrons. The number of halogens is 5. The topological polar surface area (TPSA) is 49.4 Å². The molecule has 1 N–H and O–H groups in total. The molecule has 2 aliphatic carbocycles. The SMILES string of the molecule is CN(Cc1ccc(C(F)(F)F)cc1)C1(C=O)CC(C(=O)NC2CC(F)(F)C2)C1. The number of benzene rings is 1. The van der Waals surface area contributed by atoms with Crippen molar-refractivity contribution < 1.29 is 31.5 Å². The number of carbonyl (C=O) groups is 2. The molecule has 0 saturated heterocycles. The van der Waals surface area contributed by atoms with Crippen LogP contribution in [0, 0.1) is 5.92 Å². The van der Waals surface area contributed by atoms with E-state index < -0.39 is 35.2 Å². The molecule has 0 atom stereocenters. The molecule has 0 bridgehead atoms. The Labute approximate surface area is 159 Å². The van der Waals surface area contributed by atoms with Crippen LogP contribution in [0.5, 0.6) is 0 Å². The van der Waals surface area contributed by atoms with Gasteiger partial charge in [-0.15, -0.1) is 0 Å². The van der Waals surface area contributed by atoms with Crippen LogP contribution >= 0.6 is 0 Å². The number of hydrogen-bond donors (Lipinski definition) is 1. The number of amides is 1. The first kappa shape index (κ1) is 20.7. The molecule has 0 aromatic heterocycles. The Morgan fingerprint density at radius 2 is 1.75 bits per heavy atom. The first-order chi connectivity index (χ1) is 12.9. The van der Waals surface area contributed by atoms with E-state index in [1.165, 1.54) is 12.1 Å². The molecule has 1 aromatic rings. The number of aldehydes is 1. The molecule has 1 amide bonds. The quantitative estimate of drug-likeness (QED) is 0.584. The Morgan fingerprint density at radius 1 is 1.18 bits per heavy atom. The summed E-state index contributed by atoms with van der Waals surface area (Å²) in [5, 5.41) is 2.58. The van der Waals surface area contributed by atoms with Gasteiger partial charge < -0.3 is 10.1 Å². The van der Waals surface area contributed by atoms with E-state index in [-0.39, 0.29) is 38.1 Å². The van der Waals surface area contributed by atoms with E-state index in [2.05, 4.69) is 5.32 Å². The fourth-order valence-electron chi connectivity index (χ4n) is 3.79. The van der Waals surface area contributed by atoms with E-state index in [1.54, 1.807) is 11.9 Å². The van der Waals surface area contributed by atoms with Crippen LogP contribution in [0.25, 0.3) is 0 Å². The first-order valence-electron chi connectivity index (χ1n) is 8.96. The highest BCUT2D eigenvalue weighted by Crippen LogP contribution is 2.43. The third-order valence-electron chi connectivity index (χ3n) is 5.69. The Kier molecular flexibility index (Phi) is 5.24. The summed E-state index contributed by atoms with van der Waals surface area (Å²) in [7, 11) is 1.67. The summed E-state index contributed by atoms with van der Waals surface area (Å²) in [6.45, 7) is 0.250. The van der Waals surface area contributed by atoms with Crippen LogP contribution in [-0.4, -0.2) is 41.6 Å². The Balaban J connectivity index is 1.54. The second-order valence-electron chi connectivity index (χ2n) is 7.85. The van der Waals surface area contributed by atoms with Crippen LogP contribution in [0.15, 0.2) is 24.3 Å². The van der Waals surface area contributed by atoms with Crippen molar-refractivity contribution in [1.82, 2.24) is 10.2 Å². The van der Waals surface area contributed by atoms with Gasteiger partial charge in [0.1, 0.15) is 6.29 Å². The molecule has 0 unspecified atom stereocenters. The lowest BCUT2D eigenvalue weighted by Crippen LogP contribution is -2.61. The molecule has 2 saturated carbocycles. The molecule has 0 aliphatic heterocycles. The summed E-state index contributed by atoms with van der Waals surface area (Å²) >= 11 is 0. The molecular formula is C19H21F5N2O2. The molecular weight excluding hydrogens is 383 g/mol. The molecule has 2 fully saturated rings. The fraction of sp³-hybridized carbons (Fsp3) is 0.579. The van der Waals surface area contributed by atoms with E-state index in [1.807, 2.05) is 0 Å². The van der Waals surface area contributed by atoms with Crippen LogP contribution in [0.3, 0.4) is 0 Å². The Hall–Kier alpha value is -2.03. The summed E-state index contributed by atoms with van der Waals surface area (Å²) in [5.74, 6) is -3.48. The second-order valence-corrected chi connectivity index (χ2v) is 7.85. The van der Waals surface area contributed by atoms with Crippen molar-refractivity contribution in [2.24, 2.45) is 5.92 Å². The number of nitrogens with zero attached hydrogens (tertiary/aromatic N) is 1. The van der Waals surface area contributed by atoms with Crippen LogP contribution in [0.2, 0.25) is 0 Å². The summed E-state index contributed by atoms with van der Waals surface area (Å²) in [6.07, 6.45) is -3.88. The number of rotatable bonds is 6. The third kappa shape index (κ3) is 4.19. The molecule has 28 heavy (non-hydrogen) atoms. The van der Waals surface area contributed by atoms with Gasteiger partial charge in [0, 0.05) is 31.3 Å². The highest BCUT2D eigenvalue weighted by atomic mass is 19.4. The number of hydrogen-bond acceptors (Lipinski definition) is 3. The van der Waals surface area contributed by atoms with Gasteiger partial charge in [0.25, 0.3) is 5.92 Å². The highest BCUT2D eigenvalue weighted by molar-refractivity contribution is 5.83. The largest absolute Gasteiger partial charge is 0.416 e. The number of carbonyl (C=O) groups excluding carboxylic acids is 2. The maximum absolute atomic E-state index is 12.8. The molecule has 9 heteroatoms. The lowest BCUT2D eigenvalue weighted by molar-refractivity contribution is -0.144. The first-order valence-corrected chi connectivity index (χ1v) is 8.96. The highest BCUT2D eigenvalue weighted by Gasteiger charge is 2.52. The molecule has 154 valence electrons. The van der Waals surface area contributed by atoms with Gasteiger partial charge in [-0.3, -0.25) is 9.69 Å². The van der Waals surface area contributed by atoms with Gasteiger partial charge in [0.15, 0.2) is 0 Å². The lowest BCUT2D eigenvalue weighted by Gasteiger charge is -2.49. The zero-order chi connectivity index (χ0) is 20.7. The normalized spacial score (nSPS) is 27.0. The summed E-state index contributed by atoms with van der Waals surface area (Å²) in [6, 6.07) is 4.16. The number of nitrogens with one attached hydrogen (secondary N) is 1. The number of alkyl halides is 5. The van der Waals surface area contributed by atoms with Crippen molar-refractivity contribution in [1.29, 1.82) is 0 Å². The van der Waals surface area contributed by atoms with Gasteiger partial charge in [0.05, 0.1) is 11.1 Å². The third-order valence-corrected chi connectivity index (χ3v) is 5.69. The summed E-state index contributed by atoms with van der Waals surface area (Å²) in [5.41, 5.74) is -1.01. The van der Waals surface area contributed by atoms with E-state index in [9.17, 15) is 31.5 Å². The summed E-state index contributed by atoms with van der Waals surface area (Å²) < 4.78 is 63.6. The van der Waals surface area contributed by atoms with Crippen molar-refractivity contribution >= 4 is 12.2 Å². The lowest BCUT2D eigenvalue weighted by atomic mass is 9.67. The van der Waals surface area contributed by atoms with Gasteiger partial charge in [0.2, 0.25) is 5.91 Å². The predicted octanol–water partition coefficient (Wildman–Crippen LogP) is 3.40. The van der Waals surface area contributed by atoms with E-state index in [4.69, 9.17) is 0 Å². The van der Waals surface area contributed by atoms with E-state index >= 15 is 0 Å². The zero-order valence-electron chi connectivity index (χ0n) is 15.2. The van der Waals surface area contributed by atoms with Crippen molar-refractivity contribution in [3.63, 3.8) is 0 Å². The molecule has 1 aromatic carbocycles. The van der Waals surface area contributed by atoms with Crippen LogP contribution < -0.4 is 5.32 Å². The summed E-state index contributed by atoms with van der Waals surface area (Å²) in [4.78, 5) is 25.5. The van der Waals surface area contributed by atoms with Crippen molar-refractivity contribution in [3.8, 4) is 0 Å². The van der Waals surface area contributed by atoms with Gasteiger partial charge in [-0.2, -0.15) is 13.2 Å². The molecule has 0 spiro atoms. The maximum atomic E-state index is 12.8. The predicted molar refractivity (Wildman–Crippen MR) is 90.5 cm³/mol. The second kappa shape index (κ2) is 7.09. The van der Waals surface area contributed by atoms with Gasteiger partial charge >= 0.3 is 6.18 Å². The van der Waals surface area contributed by atoms with E-state index in [0.29, 0.717) is 5.56 Å². The Morgan fingerprint density at radius 3 is 2.21 bits per heavy atom. The minimum absolute atomic E-state index is 0.250. The number of likely N-dealkylation sites (N-methyl/N-ethyl adjacent to an activating group) is 1. The fourth-order valence-corrected chi connectivity index (χ4v) is 3.79. The molecule has 3 rings (SSSR count). The average molecular weight is 404 g/mol. The average Bonchev–Trinajstić information content (AvgIpc) is 2.52. The van der Waals surface area contributed by atoms with Crippen LogP contribution in [0.1, 0.15) is 36.8 Å². The minimum atomic E-state index is -4.41. The van der Waals surface area contributed by atoms with Crippen LogP contribution in [0.4, 0.5) is 22.0 Å². The zero-order valence-corrected chi connectivity index (χ0v) is 15.2. The standard InChI is InChI=1S/C19H21F5N2O2/c1-26(10-12-2-4-14(5-3-12)19(22,23)24)17(11-27)6-13(7-17)16(28)25-15-8-18(20,21)9-15/h2-5,11,13,15H,6-10H2,1H3,(H,25,28). The van der Waals surface area contributed by atoms with Crippen molar-refractivity contribution in [3.05, 3.63) is 35.4 Å².